The summed E-state index contributed by atoms with van der Waals surface area (Å²) in [6, 6.07) is 16.1. The van der Waals surface area contributed by atoms with E-state index in [2.05, 4.69) is 22.8 Å². The van der Waals surface area contributed by atoms with E-state index in [1.54, 1.807) is 0 Å². The van der Waals surface area contributed by atoms with Gasteiger partial charge in [-0.3, -0.25) is 4.79 Å². The van der Waals surface area contributed by atoms with E-state index in [4.69, 9.17) is 9.47 Å². The second-order valence-corrected chi connectivity index (χ2v) is 8.99. The van der Waals surface area contributed by atoms with E-state index in [0.29, 0.717) is 12.8 Å². The Morgan fingerprint density at radius 3 is 2.00 bits per heavy atom. The third-order valence-electron chi connectivity index (χ3n) is 6.98. The molecular formula is C25H26N2O6. The smallest absolute Gasteiger partial charge is 0.408 e. The Morgan fingerprint density at radius 1 is 0.879 bits per heavy atom. The highest BCUT2D eigenvalue weighted by Crippen LogP contribution is 2.44. The van der Waals surface area contributed by atoms with Crippen molar-refractivity contribution < 1.29 is 29.0 Å². The lowest BCUT2D eigenvalue weighted by atomic mass is 9.88. The van der Waals surface area contributed by atoms with Crippen molar-refractivity contribution in [3.8, 4) is 11.1 Å². The average Bonchev–Trinajstić information content (AvgIpc) is 3.54. The van der Waals surface area contributed by atoms with Gasteiger partial charge in [-0.2, -0.15) is 0 Å². The minimum absolute atomic E-state index is 0.0932. The lowest BCUT2D eigenvalue weighted by Gasteiger charge is -2.37. The summed E-state index contributed by atoms with van der Waals surface area (Å²) in [7, 11) is 0. The molecule has 2 fully saturated rings. The molecule has 1 saturated carbocycles. The quantitative estimate of drug-likeness (QED) is 0.624. The monoisotopic (exact) mass is 450 g/mol. The second-order valence-electron chi connectivity index (χ2n) is 8.99. The summed E-state index contributed by atoms with van der Waals surface area (Å²) in [5.41, 5.74) is 1.97. The fraction of sp³-hybridized carbons (Fsp3) is 0.400. The summed E-state index contributed by atoms with van der Waals surface area (Å²) >= 11 is 0. The highest BCUT2D eigenvalue weighted by Gasteiger charge is 2.55. The Hall–Kier alpha value is -3.39. The van der Waals surface area contributed by atoms with Crippen molar-refractivity contribution in [2.45, 2.75) is 42.7 Å². The number of benzene rings is 2. The highest BCUT2D eigenvalue weighted by atomic mass is 16.5. The molecular weight excluding hydrogens is 424 g/mol. The van der Waals surface area contributed by atoms with E-state index >= 15 is 0 Å². The van der Waals surface area contributed by atoms with E-state index < -0.39 is 29.0 Å². The maximum absolute atomic E-state index is 13.1. The van der Waals surface area contributed by atoms with Gasteiger partial charge in [0.25, 0.3) is 0 Å². The number of hydrogen-bond acceptors (Lipinski definition) is 5. The zero-order valence-electron chi connectivity index (χ0n) is 18.1. The van der Waals surface area contributed by atoms with Crippen LogP contribution in [0.25, 0.3) is 11.1 Å². The number of carboxylic acids is 1. The molecule has 8 nitrogen and oxygen atoms in total. The number of aliphatic carboxylic acids is 1. The molecule has 2 aromatic carbocycles. The number of hydrogen-bond donors (Lipinski definition) is 3. The molecule has 1 heterocycles. The molecule has 2 amide bonds. The summed E-state index contributed by atoms with van der Waals surface area (Å²) in [6.45, 7) is 0.710. The molecule has 0 bridgehead atoms. The first-order valence-electron chi connectivity index (χ1n) is 11.2. The molecule has 33 heavy (non-hydrogen) atoms. The van der Waals surface area contributed by atoms with Crippen molar-refractivity contribution >= 4 is 18.0 Å². The van der Waals surface area contributed by atoms with Gasteiger partial charge in [-0.05, 0) is 35.1 Å². The lowest BCUT2D eigenvalue weighted by molar-refractivity contribution is -0.145. The average molecular weight is 450 g/mol. The predicted octanol–water partition coefficient (Wildman–Crippen LogP) is 2.81. The van der Waals surface area contributed by atoms with Gasteiger partial charge in [0.05, 0.1) is 0 Å². The van der Waals surface area contributed by atoms with E-state index in [9.17, 15) is 19.5 Å². The van der Waals surface area contributed by atoms with E-state index in [-0.39, 0.29) is 38.6 Å². The molecule has 1 saturated heterocycles. The van der Waals surface area contributed by atoms with Crippen LogP contribution in [0.4, 0.5) is 4.79 Å². The Morgan fingerprint density at radius 2 is 1.45 bits per heavy atom. The number of carboxylic acid groups (broad SMARTS) is 1. The summed E-state index contributed by atoms with van der Waals surface area (Å²) < 4.78 is 11.0. The SMILES string of the molecule is O=C(NC1(C(=O)NC2(C(=O)O)CC2)CCOCC1)OCC1c2ccccc2-c2ccccc21. The summed E-state index contributed by atoms with van der Waals surface area (Å²) in [5, 5.41) is 14.8. The second kappa shape index (κ2) is 8.19. The van der Waals surface area contributed by atoms with Crippen LogP contribution >= 0.6 is 0 Å². The van der Waals surface area contributed by atoms with Crippen molar-refractivity contribution in [2.75, 3.05) is 19.8 Å². The predicted molar refractivity (Wildman–Crippen MR) is 119 cm³/mol. The number of fused-ring (bicyclic) bond motifs is 3. The molecule has 0 aromatic heterocycles. The number of nitrogens with one attached hydrogen (secondary N) is 2. The molecule has 0 spiro atoms. The number of amides is 2. The normalized spacial score (nSPS) is 19.6. The van der Waals surface area contributed by atoms with Crippen LogP contribution in [0.15, 0.2) is 48.5 Å². The van der Waals surface area contributed by atoms with Gasteiger partial charge in [0.1, 0.15) is 17.7 Å². The van der Waals surface area contributed by atoms with E-state index in [1.165, 1.54) is 0 Å². The first-order valence-corrected chi connectivity index (χ1v) is 11.2. The Bertz CT molecular complexity index is 1060. The Labute approximate surface area is 191 Å². The number of carbonyl (C=O) groups is 3. The Kier molecular flexibility index (Phi) is 5.32. The van der Waals surface area contributed by atoms with Gasteiger partial charge < -0.3 is 25.2 Å². The standard InChI is InChI=1S/C25H26N2O6/c28-21(26-25(9-10-25)22(29)30)24(11-13-32-14-12-24)27-23(31)33-15-20-18-7-3-1-5-16(18)17-6-2-4-8-19(17)20/h1-8,20H,9-15H2,(H,26,28)(H,27,31)(H,29,30). The molecule has 2 aromatic rings. The molecule has 3 N–H and O–H groups in total. The van der Waals surface area contributed by atoms with Gasteiger partial charge in [-0.25, -0.2) is 9.59 Å². The molecule has 0 radical (unpaired) electrons. The first-order chi connectivity index (χ1) is 15.9. The fourth-order valence-corrected chi connectivity index (χ4v) is 4.81. The van der Waals surface area contributed by atoms with Crippen LogP contribution in [0, 0.1) is 0 Å². The zero-order chi connectivity index (χ0) is 23.1. The number of ether oxygens (including phenoxy) is 2. The highest BCUT2D eigenvalue weighted by molar-refractivity contribution is 5.95. The van der Waals surface area contributed by atoms with Crippen LogP contribution in [0.2, 0.25) is 0 Å². The van der Waals surface area contributed by atoms with Crippen molar-refractivity contribution in [1.82, 2.24) is 10.6 Å². The van der Waals surface area contributed by atoms with Gasteiger partial charge in [0, 0.05) is 32.0 Å². The van der Waals surface area contributed by atoms with Crippen LogP contribution in [0.1, 0.15) is 42.7 Å². The maximum atomic E-state index is 13.1. The van der Waals surface area contributed by atoms with Crippen LogP contribution in [0.5, 0.6) is 0 Å². The van der Waals surface area contributed by atoms with Crippen molar-refractivity contribution in [2.24, 2.45) is 0 Å². The van der Waals surface area contributed by atoms with Crippen molar-refractivity contribution in [3.63, 3.8) is 0 Å². The summed E-state index contributed by atoms with van der Waals surface area (Å²) in [6.07, 6.45) is 0.559. The van der Waals surface area contributed by atoms with Gasteiger partial charge in [0.15, 0.2) is 0 Å². The third-order valence-corrected chi connectivity index (χ3v) is 6.98. The molecule has 3 aliphatic rings. The number of rotatable bonds is 6. The topological polar surface area (TPSA) is 114 Å². The van der Waals surface area contributed by atoms with Crippen LogP contribution in [0.3, 0.4) is 0 Å². The van der Waals surface area contributed by atoms with E-state index in [0.717, 1.165) is 22.3 Å². The van der Waals surface area contributed by atoms with Crippen LogP contribution < -0.4 is 10.6 Å². The van der Waals surface area contributed by atoms with Gasteiger partial charge in [-0.1, -0.05) is 48.5 Å². The molecule has 1 aliphatic heterocycles. The Balaban J connectivity index is 1.29. The zero-order valence-corrected chi connectivity index (χ0v) is 18.1. The largest absolute Gasteiger partial charge is 0.480 e. The number of alkyl carbamates (subject to hydrolysis) is 1. The van der Waals surface area contributed by atoms with Gasteiger partial charge >= 0.3 is 12.1 Å². The molecule has 5 rings (SSSR count). The minimum atomic E-state index is -1.26. The molecule has 0 atom stereocenters. The fourth-order valence-electron chi connectivity index (χ4n) is 4.81. The van der Waals surface area contributed by atoms with Crippen molar-refractivity contribution in [3.05, 3.63) is 59.7 Å². The van der Waals surface area contributed by atoms with Crippen molar-refractivity contribution in [1.29, 1.82) is 0 Å². The van der Waals surface area contributed by atoms with E-state index in [1.807, 2.05) is 36.4 Å². The van der Waals surface area contributed by atoms with Gasteiger partial charge in [0.2, 0.25) is 5.91 Å². The summed E-state index contributed by atoms with van der Waals surface area (Å²) in [5.74, 6) is -1.65. The lowest BCUT2D eigenvalue weighted by Crippen LogP contribution is -2.64. The molecule has 0 unspecified atom stereocenters. The molecule has 172 valence electrons. The minimum Gasteiger partial charge on any atom is -0.480 e. The molecule has 8 heteroatoms. The van der Waals surface area contributed by atoms with Crippen LogP contribution in [-0.4, -0.2) is 54.0 Å². The maximum Gasteiger partial charge on any atom is 0.408 e. The molecule has 2 aliphatic carbocycles. The first kappa shape index (κ1) is 21.5. The van der Waals surface area contributed by atoms with Crippen LogP contribution in [-0.2, 0) is 19.1 Å². The summed E-state index contributed by atoms with van der Waals surface area (Å²) in [4.78, 5) is 37.5. The third kappa shape index (κ3) is 3.84. The number of carbonyl (C=O) groups excluding carboxylic acids is 2. The van der Waals surface area contributed by atoms with Gasteiger partial charge in [-0.15, -0.1) is 0 Å².